The number of anilines is 1. The Bertz CT molecular complexity index is 970. The fraction of sp³-hybridized carbons (Fsp3) is 0.273. The third kappa shape index (κ3) is 3.72. The van der Waals surface area contributed by atoms with Crippen LogP contribution >= 0.6 is 0 Å². The number of hydrogen-bond acceptors (Lipinski definition) is 4. The van der Waals surface area contributed by atoms with Gasteiger partial charge in [0.2, 0.25) is 5.88 Å². The molecule has 0 N–H and O–H groups in total. The van der Waals surface area contributed by atoms with Gasteiger partial charge in [-0.2, -0.15) is 0 Å². The predicted octanol–water partition coefficient (Wildman–Crippen LogP) is 3.59. The molecule has 1 aliphatic heterocycles. The quantitative estimate of drug-likeness (QED) is 0.712. The largest absolute Gasteiger partial charge is 0.472 e. The molecule has 0 bridgehead atoms. The summed E-state index contributed by atoms with van der Waals surface area (Å²) >= 11 is 0. The van der Waals surface area contributed by atoms with Gasteiger partial charge in [-0.25, -0.2) is 4.98 Å². The molecule has 138 valence electrons. The highest BCUT2D eigenvalue weighted by Crippen LogP contribution is 2.22. The maximum absolute atomic E-state index is 12.8. The summed E-state index contributed by atoms with van der Waals surface area (Å²) in [6.07, 6.45) is 0.785. The van der Waals surface area contributed by atoms with E-state index in [0.717, 1.165) is 23.0 Å². The third-order valence-corrected chi connectivity index (χ3v) is 4.90. The molecular weight excluding hydrogens is 338 g/mol. The van der Waals surface area contributed by atoms with Gasteiger partial charge in [-0.1, -0.05) is 24.3 Å². The second-order valence-electron chi connectivity index (χ2n) is 7.07. The number of para-hydroxylation sites is 1. The van der Waals surface area contributed by atoms with Gasteiger partial charge in [0, 0.05) is 49.8 Å². The number of pyridine rings is 1. The molecule has 5 heteroatoms. The van der Waals surface area contributed by atoms with Crippen LogP contribution in [0.3, 0.4) is 0 Å². The maximum atomic E-state index is 12.8. The lowest BCUT2D eigenvalue weighted by Crippen LogP contribution is -2.31. The molecule has 27 heavy (non-hydrogen) atoms. The van der Waals surface area contributed by atoms with Crippen LogP contribution in [0.15, 0.2) is 60.7 Å². The SMILES string of the molecule is CN(C)c1cccc(C(=O)N2CCC(Oc3ccc4ccccc4n3)C2)c1. The van der Waals surface area contributed by atoms with E-state index in [2.05, 4.69) is 4.98 Å². The smallest absolute Gasteiger partial charge is 0.254 e. The van der Waals surface area contributed by atoms with Crippen LogP contribution in [0, 0.1) is 0 Å². The zero-order chi connectivity index (χ0) is 18.8. The number of aromatic nitrogens is 1. The van der Waals surface area contributed by atoms with E-state index in [0.29, 0.717) is 24.5 Å². The predicted molar refractivity (Wildman–Crippen MR) is 107 cm³/mol. The van der Waals surface area contributed by atoms with Crippen molar-refractivity contribution in [1.29, 1.82) is 0 Å². The molecule has 1 amide bonds. The Morgan fingerprint density at radius 3 is 2.81 bits per heavy atom. The zero-order valence-electron chi connectivity index (χ0n) is 15.6. The first-order valence-electron chi connectivity index (χ1n) is 9.19. The Labute approximate surface area is 159 Å². The lowest BCUT2D eigenvalue weighted by molar-refractivity contribution is 0.0771. The van der Waals surface area contributed by atoms with Gasteiger partial charge in [0.05, 0.1) is 12.1 Å². The molecule has 1 unspecified atom stereocenters. The number of carbonyl (C=O) groups excluding carboxylic acids is 1. The first-order valence-corrected chi connectivity index (χ1v) is 9.19. The third-order valence-electron chi connectivity index (χ3n) is 4.90. The molecule has 0 spiro atoms. The van der Waals surface area contributed by atoms with Crippen molar-refractivity contribution in [2.24, 2.45) is 0 Å². The van der Waals surface area contributed by atoms with Crippen LogP contribution in [-0.4, -0.2) is 49.1 Å². The number of hydrogen-bond donors (Lipinski definition) is 0. The van der Waals surface area contributed by atoms with Crippen LogP contribution in [0.1, 0.15) is 16.8 Å². The number of benzene rings is 2. The van der Waals surface area contributed by atoms with Crippen LogP contribution in [0.25, 0.3) is 10.9 Å². The molecular formula is C22H23N3O2. The summed E-state index contributed by atoms with van der Waals surface area (Å²) in [7, 11) is 3.94. The van der Waals surface area contributed by atoms with E-state index in [1.54, 1.807) is 0 Å². The molecule has 1 saturated heterocycles. The van der Waals surface area contributed by atoms with E-state index in [1.807, 2.05) is 84.6 Å². The summed E-state index contributed by atoms with van der Waals surface area (Å²) in [5.74, 6) is 0.666. The van der Waals surface area contributed by atoms with Gasteiger partial charge in [0.15, 0.2) is 0 Å². The molecule has 2 aromatic carbocycles. The molecule has 0 aliphatic carbocycles. The molecule has 3 aromatic rings. The molecule has 0 radical (unpaired) electrons. The van der Waals surface area contributed by atoms with Crippen LogP contribution < -0.4 is 9.64 Å². The Kier molecular flexibility index (Phi) is 4.67. The molecule has 1 aromatic heterocycles. The van der Waals surface area contributed by atoms with Crippen LogP contribution in [-0.2, 0) is 0 Å². The monoisotopic (exact) mass is 361 g/mol. The highest BCUT2D eigenvalue weighted by molar-refractivity contribution is 5.95. The second-order valence-corrected chi connectivity index (χ2v) is 7.07. The number of carbonyl (C=O) groups is 1. The summed E-state index contributed by atoms with van der Waals surface area (Å²) in [5, 5.41) is 1.09. The van der Waals surface area contributed by atoms with E-state index < -0.39 is 0 Å². The van der Waals surface area contributed by atoms with Gasteiger partial charge in [-0.05, 0) is 30.3 Å². The Balaban J connectivity index is 1.43. The van der Waals surface area contributed by atoms with Gasteiger partial charge in [-0.15, -0.1) is 0 Å². The van der Waals surface area contributed by atoms with Gasteiger partial charge in [-0.3, -0.25) is 4.79 Å². The maximum Gasteiger partial charge on any atom is 0.254 e. The van der Waals surface area contributed by atoms with E-state index in [-0.39, 0.29) is 12.0 Å². The van der Waals surface area contributed by atoms with Crippen molar-refractivity contribution >= 4 is 22.5 Å². The lowest BCUT2D eigenvalue weighted by atomic mass is 10.1. The summed E-state index contributed by atoms with van der Waals surface area (Å²) in [5.41, 5.74) is 2.65. The normalized spacial score (nSPS) is 16.5. The van der Waals surface area contributed by atoms with Crippen LogP contribution in [0.5, 0.6) is 5.88 Å². The molecule has 5 nitrogen and oxygen atoms in total. The minimum absolute atomic E-state index is 0.0281. The summed E-state index contributed by atoms with van der Waals surface area (Å²) < 4.78 is 6.05. The highest BCUT2D eigenvalue weighted by atomic mass is 16.5. The lowest BCUT2D eigenvalue weighted by Gasteiger charge is -2.19. The number of likely N-dealkylation sites (tertiary alicyclic amines) is 1. The van der Waals surface area contributed by atoms with E-state index >= 15 is 0 Å². The van der Waals surface area contributed by atoms with Crippen molar-refractivity contribution in [3.63, 3.8) is 0 Å². The second kappa shape index (κ2) is 7.27. The minimum Gasteiger partial charge on any atom is -0.472 e. The van der Waals surface area contributed by atoms with E-state index in [9.17, 15) is 4.79 Å². The summed E-state index contributed by atoms with van der Waals surface area (Å²) in [6.45, 7) is 1.28. The molecule has 1 fully saturated rings. The molecule has 4 rings (SSSR count). The van der Waals surface area contributed by atoms with Gasteiger partial charge < -0.3 is 14.5 Å². The van der Waals surface area contributed by atoms with Crippen molar-refractivity contribution in [2.75, 3.05) is 32.1 Å². The number of rotatable bonds is 4. The highest BCUT2D eigenvalue weighted by Gasteiger charge is 2.28. The summed E-state index contributed by atoms with van der Waals surface area (Å²) in [4.78, 5) is 21.3. The topological polar surface area (TPSA) is 45.7 Å². The number of ether oxygens (including phenoxy) is 1. The van der Waals surface area contributed by atoms with Gasteiger partial charge in [0.1, 0.15) is 6.10 Å². The first kappa shape index (κ1) is 17.3. The van der Waals surface area contributed by atoms with Gasteiger partial charge in [0.25, 0.3) is 5.91 Å². The van der Waals surface area contributed by atoms with Gasteiger partial charge >= 0.3 is 0 Å². The average Bonchev–Trinajstić information content (AvgIpc) is 3.16. The fourth-order valence-electron chi connectivity index (χ4n) is 3.39. The fourth-order valence-corrected chi connectivity index (χ4v) is 3.39. The zero-order valence-corrected chi connectivity index (χ0v) is 15.6. The Morgan fingerprint density at radius 1 is 1.11 bits per heavy atom. The van der Waals surface area contributed by atoms with Crippen LogP contribution in [0.2, 0.25) is 0 Å². The average molecular weight is 361 g/mol. The number of amides is 1. The number of fused-ring (bicyclic) bond motifs is 1. The summed E-state index contributed by atoms with van der Waals surface area (Å²) in [6, 6.07) is 19.6. The van der Waals surface area contributed by atoms with Crippen LogP contribution in [0.4, 0.5) is 5.69 Å². The molecule has 1 atom stereocenters. The standard InChI is InChI=1S/C22H23N3O2/c1-24(2)18-8-5-7-17(14-18)22(26)25-13-12-19(15-25)27-21-11-10-16-6-3-4-9-20(16)23-21/h3-11,14,19H,12-13,15H2,1-2H3. The van der Waals surface area contributed by atoms with Crippen molar-refractivity contribution < 1.29 is 9.53 Å². The van der Waals surface area contributed by atoms with E-state index in [1.165, 1.54) is 0 Å². The molecule has 2 heterocycles. The number of nitrogens with zero attached hydrogens (tertiary/aromatic N) is 3. The Hall–Kier alpha value is -3.08. The molecule has 0 saturated carbocycles. The van der Waals surface area contributed by atoms with Crippen molar-refractivity contribution in [3.8, 4) is 5.88 Å². The molecule has 1 aliphatic rings. The minimum atomic E-state index is -0.0281. The van der Waals surface area contributed by atoms with Crippen molar-refractivity contribution in [3.05, 3.63) is 66.2 Å². The Morgan fingerprint density at radius 2 is 1.96 bits per heavy atom. The van der Waals surface area contributed by atoms with Crippen molar-refractivity contribution in [2.45, 2.75) is 12.5 Å². The van der Waals surface area contributed by atoms with Crippen molar-refractivity contribution in [1.82, 2.24) is 9.88 Å². The first-order chi connectivity index (χ1) is 13.1. The van der Waals surface area contributed by atoms with E-state index in [4.69, 9.17) is 4.74 Å².